The first-order chi connectivity index (χ1) is 7.23. The third-order valence-electron chi connectivity index (χ3n) is 0.586. The van der Waals surface area contributed by atoms with Gasteiger partial charge >= 0.3 is 21.7 Å². The number of hydrogen-bond acceptors (Lipinski definition) is 3. The molecule has 0 bridgehead atoms. The van der Waals surface area contributed by atoms with Crippen molar-refractivity contribution in [2.24, 2.45) is 0 Å². The first-order valence-electron chi connectivity index (χ1n) is 4.56. The van der Waals surface area contributed by atoms with E-state index in [4.69, 9.17) is 15.3 Å². The average molecular weight is 266 g/mol. The van der Waals surface area contributed by atoms with Crippen molar-refractivity contribution in [1.82, 2.24) is 0 Å². The molecular formula is C12H26O3Ti. The van der Waals surface area contributed by atoms with E-state index in [-0.39, 0.29) is 21.7 Å². The van der Waals surface area contributed by atoms with Gasteiger partial charge in [-0.15, -0.1) is 6.42 Å². The SMILES string of the molecule is CO.CO.CO.C[C-](C)C.[C-]1=CC=CC1.[Ti+2]. The van der Waals surface area contributed by atoms with Gasteiger partial charge in [-0.25, -0.2) is 12.2 Å². The van der Waals surface area contributed by atoms with Crippen molar-refractivity contribution < 1.29 is 37.0 Å². The zero-order chi connectivity index (χ0) is 13.1. The van der Waals surface area contributed by atoms with Crippen LogP contribution in [-0.4, -0.2) is 36.6 Å². The molecule has 0 saturated heterocycles. The zero-order valence-corrected chi connectivity index (χ0v) is 12.8. The summed E-state index contributed by atoms with van der Waals surface area (Å²) >= 11 is 0. The monoisotopic (exact) mass is 266 g/mol. The Labute approximate surface area is 116 Å². The summed E-state index contributed by atoms with van der Waals surface area (Å²) in [6, 6.07) is 0. The van der Waals surface area contributed by atoms with E-state index in [1.807, 2.05) is 12.2 Å². The van der Waals surface area contributed by atoms with Crippen LogP contribution in [0.15, 0.2) is 18.2 Å². The van der Waals surface area contributed by atoms with Gasteiger partial charge in [0, 0.05) is 21.3 Å². The van der Waals surface area contributed by atoms with Crippen molar-refractivity contribution >= 4 is 0 Å². The third kappa shape index (κ3) is 93.4. The first-order valence-corrected chi connectivity index (χ1v) is 4.56. The Morgan fingerprint density at radius 1 is 0.938 bits per heavy atom. The van der Waals surface area contributed by atoms with Crippen molar-refractivity contribution in [2.75, 3.05) is 21.3 Å². The van der Waals surface area contributed by atoms with Crippen LogP contribution in [0.5, 0.6) is 0 Å². The Morgan fingerprint density at radius 3 is 1.31 bits per heavy atom. The maximum atomic E-state index is 7.00. The average Bonchev–Trinajstić information content (AvgIpc) is 2.83. The Bertz CT molecular complexity index is 100. The van der Waals surface area contributed by atoms with Crippen LogP contribution in [-0.2, 0) is 21.7 Å². The zero-order valence-electron chi connectivity index (χ0n) is 11.3. The molecule has 0 spiro atoms. The second-order valence-corrected chi connectivity index (χ2v) is 2.50. The molecule has 0 aromatic heterocycles. The molecule has 96 valence electrons. The Balaban J connectivity index is -0.0000000337. The van der Waals surface area contributed by atoms with Crippen LogP contribution in [0.1, 0.15) is 27.2 Å². The summed E-state index contributed by atoms with van der Waals surface area (Å²) in [5.41, 5.74) is 0. The molecule has 3 N–H and O–H groups in total. The Kier molecular flexibility index (Phi) is 85.3. The number of allylic oxidation sites excluding steroid dienone is 4. The quantitative estimate of drug-likeness (QED) is 0.462. The molecule has 0 aliphatic heterocycles. The molecule has 0 saturated carbocycles. The molecule has 1 aliphatic carbocycles. The number of rotatable bonds is 0. The number of hydrogen-bond donors (Lipinski definition) is 3. The van der Waals surface area contributed by atoms with Crippen molar-refractivity contribution in [2.45, 2.75) is 27.2 Å². The van der Waals surface area contributed by atoms with Crippen LogP contribution in [0.3, 0.4) is 0 Å². The molecule has 0 fully saturated rings. The van der Waals surface area contributed by atoms with Crippen molar-refractivity contribution in [1.29, 1.82) is 0 Å². The van der Waals surface area contributed by atoms with Gasteiger partial charge in [0.25, 0.3) is 0 Å². The van der Waals surface area contributed by atoms with Gasteiger partial charge in [-0.1, -0.05) is 0 Å². The molecule has 0 atom stereocenters. The minimum atomic E-state index is 0. The summed E-state index contributed by atoms with van der Waals surface area (Å²) in [5.74, 6) is 1.42. The maximum absolute atomic E-state index is 7.00. The molecule has 0 heterocycles. The second kappa shape index (κ2) is 45.8. The van der Waals surface area contributed by atoms with E-state index in [1.54, 1.807) is 0 Å². The van der Waals surface area contributed by atoms with Gasteiger partial charge in [-0.2, -0.15) is 26.8 Å². The van der Waals surface area contributed by atoms with E-state index in [0.29, 0.717) is 0 Å². The Hall–Kier alpha value is 0.0743. The van der Waals surface area contributed by atoms with E-state index in [1.165, 1.54) is 5.92 Å². The first kappa shape index (κ1) is 29.8. The van der Waals surface area contributed by atoms with Gasteiger partial charge in [0.05, 0.1) is 0 Å². The molecule has 1 aliphatic rings. The van der Waals surface area contributed by atoms with Crippen LogP contribution in [0, 0.1) is 12.0 Å². The fraction of sp³-hybridized carbons (Fsp3) is 0.583. The van der Waals surface area contributed by atoms with Crippen LogP contribution in [0.4, 0.5) is 0 Å². The van der Waals surface area contributed by atoms with Crippen LogP contribution >= 0.6 is 0 Å². The van der Waals surface area contributed by atoms with Crippen molar-refractivity contribution in [3.05, 3.63) is 30.2 Å². The molecule has 4 heteroatoms. The van der Waals surface area contributed by atoms with Gasteiger partial charge in [0.15, 0.2) is 0 Å². The van der Waals surface area contributed by atoms with Crippen LogP contribution < -0.4 is 0 Å². The normalized spacial score (nSPS) is 8.88. The standard InChI is InChI=1S/C5H5.C4H9.3CH4O.Ti/c1-2-4-5-3-1;1-4(2)3;3*1-2;/h1-3H,4H2;1-3H3;3*2H,1H3;/q2*-1;;;;+2. The fourth-order valence-electron chi connectivity index (χ4n) is 0.340. The summed E-state index contributed by atoms with van der Waals surface area (Å²) in [5, 5.41) is 21.0. The summed E-state index contributed by atoms with van der Waals surface area (Å²) < 4.78 is 0. The van der Waals surface area contributed by atoms with Crippen LogP contribution in [0.25, 0.3) is 0 Å². The van der Waals surface area contributed by atoms with Gasteiger partial charge in [-0.3, -0.25) is 6.08 Å². The van der Waals surface area contributed by atoms with E-state index in [2.05, 4.69) is 32.9 Å². The molecule has 16 heavy (non-hydrogen) atoms. The summed E-state index contributed by atoms with van der Waals surface area (Å²) in [4.78, 5) is 0. The minimum Gasteiger partial charge on any atom is -0.400 e. The Morgan fingerprint density at radius 2 is 1.25 bits per heavy atom. The van der Waals surface area contributed by atoms with Gasteiger partial charge < -0.3 is 21.2 Å². The molecule has 1 rings (SSSR count). The predicted octanol–water partition coefficient (Wildman–Crippen LogP) is 1.75. The minimum absolute atomic E-state index is 0. The molecule has 0 unspecified atom stereocenters. The predicted molar refractivity (Wildman–Crippen MR) is 66.3 cm³/mol. The van der Waals surface area contributed by atoms with Crippen LogP contribution in [0.2, 0.25) is 0 Å². The fourth-order valence-corrected chi connectivity index (χ4v) is 0.340. The second-order valence-electron chi connectivity index (χ2n) is 2.50. The van der Waals surface area contributed by atoms with E-state index >= 15 is 0 Å². The molecular weight excluding hydrogens is 240 g/mol. The molecule has 0 aromatic carbocycles. The van der Waals surface area contributed by atoms with Gasteiger partial charge in [0.2, 0.25) is 0 Å². The van der Waals surface area contributed by atoms with Crippen molar-refractivity contribution in [3.63, 3.8) is 0 Å². The smallest absolute Gasteiger partial charge is 0.400 e. The number of aliphatic hydroxyl groups is 3. The third-order valence-corrected chi connectivity index (χ3v) is 0.586. The topological polar surface area (TPSA) is 60.7 Å². The summed E-state index contributed by atoms with van der Waals surface area (Å²) in [6.07, 6.45) is 10.0. The number of aliphatic hydroxyl groups excluding tert-OH is 3. The van der Waals surface area contributed by atoms with E-state index < -0.39 is 0 Å². The van der Waals surface area contributed by atoms with E-state index in [0.717, 1.165) is 27.8 Å². The van der Waals surface area contributed by atoms with Gasteiger partial charge in [0.1, 0.15) is 0 Å². The molecule has 0 aromatic rings. The summed E-state index contributed by atoms with van der Waals surface area (Å²) in [7, 11) is 3.00. The largest absolute Gasteiger partial charge is 2.00 e. The summed E-state index contributed by atoms with van der Waals surface area (Å²) in [6.45, 7) is 6.25. The molecule has 0 radical (unpaired) electrons. The van der Waals surface area contributed by atoms with E-state index in [9.17, 15) is 0 Å². The molecule has 0 amide bonds. The van der Waals surface area contributed by atoms with Gasteiger partial charge in [-0.05, 0) is 0 Å². The maximum Gasteiger partial charge on any atom is 2.00 e. The molecule has 3 nitrogen and oxygen atoms in total. The van der Waals surface area contributed by atoms with Crippen molar-refractivity contribution in [3.8, 4) is 0 Å².